The van der Waals surface area contributed by atoms with Gasteiger partial charge >= 0.3 is 0 Å². The topological polar surface area (TPSA) is 86.8 Å². The van der Waals surface area contributed by atoms with E-state index in [1.165, 1.54) is 17.0 Å². The molecule has 0 aliphatic rings. The minimum Gasteiger partial charge on any atom is -0.352 e. The summed E-state index contributed by atoms with van der Waals surface area (Å²) in [6.45, 7) is 7.04. The van der Waals surface area contributed by atoms with E-state index in [2.05, 4.69) is 5.32 Å². The van der Waals surface area contributed by atoms with Crippen molar-refractivity contribution < 1.29 is 18.0 Å². The molecule has 2 amide bonds. The van der Waals surface area contributed by atoms with E-state index in [9.17, 15) is 18.0 Å². The Kier molecular flexibility index (Phi) is 11.0. The SMILES string of the molecule is CC[C@@H](C)NC(=O)[C@@H](CC)N(Cc1ccc(Cl)c(Cl)c1)C(=O)CN(c1cccc(C)c1)S(=O)(=O)c1ccccc1. The number of hydrogen-bond acceptors (Lipinski definition) is 4. The molecule has 0 unspecified atom stereocenters. The molecule has 0 aliphatic carbocycles. The van der Waals surface area contributed by atoms with E-state index in [0.29, 0.717) is 27.7 Å². The van der Waals surface area contributed by atoms with Crippen LogP contribution in [0.1, 0.15) is 44.7 Å². The molecule has 0 fully saturated rings. The van der Waals surface area contributed by atoms with E-state index in [0.717, 1.165) is 16.3 Å². The number of rotatable bonds is 12. The monoisotopic (exact) mass is 603 g/mol. The van der Waals surface area contributed by atoms with Gasteiger partial charge in [-0.25, -0.2) is 8.42 Å². The first-order valence-corrected chi connectivity index (χ1v) is 15.4. The number of nitrogens with zero attached hydrogens (tertiary/aromatic N) is 2. The summed E-state index contributed by atoms with van der Waals surface area (Å²) in [5, 5.41) is 3.64. The lowest BCUT2D eigenvalue weighted by molar-refractivity contribution is -0.140. The molecule has 0 aliphatic heterocycles. The van der Waals surface area contributed by atoms with Gasteiger partial charge in [-0.1, -0.05) is 73.4 Å². The molecule has 0 saturated carbocycles. The third kappa shape index (κ3) is 7.77. The fourth-order valence-corrected chi connectivity index (χ4v) is 5.97. The van der Waals surface area contributed by atoms with Crippen LogP contribution in [0.5, 0.6) is 0 Å². The van der Waals surface area contributed by atoms with Gasteiger partial charge in [0.15, 0.2) is 0 Å². The smallest absolute Gasteiger partial charge is 0.264 e. The fourth-order valence-electron chi connectivity index (χ4n) is 4.23. The Morgan fingerprint density at radius 2 is 1.60 bits per heavy atom. The summed E-state index contributed by atoms with van der Waals surface area (Å²) in [4.78, 5) is 28.9. The summed E-state index contributed by atoms with van der Waals surface area (Å²) in [5.74, 6) is -0.837. The molecule has 0 spiro atoms. The van der Waals surface area contributed by atoms with Gasteiger partial charge in [-0.2, -0.15) is 0 Å². The van der Waals surface area contributed by atoms with Crippen LogP contribution >= 0.6 is 23.2 Å². The van der Waals surface area contributed by atoms with E-state index in [-0.39, 0.29) is 23.4 Å². The molecule has 0 bridgehead atoms. The minimum atomic E-state index is -4.11. The molecule has 3 aromatic carbocycles. The summed E-state index contributed by atoms with van der Waals surface area (Å²) >= 11 is 12.3. The van der Waals surface area contributed by atoms with Crippen molar-refractivity contribution in [1.29, 1.82) is 0 Å². The molecule has 0 aromatic heterocycles. The maximum Gasteiger partial charge on any atom is 0.264 e. The van der Waals surface area contributed by atoms with E-state index >= 15 is 0 Å². The van der Waals surface area contributed by atoms with Gasteiger partial charge in [-0.05, 0) is 74.2 Å². The average molecular weight is 605 g/mol. The van der Waals surface area contributed by atoms with Crippen LogP contribution in [0.15, 0.2) is 77.7 Å². The van der Waals surface area contributed by atoms with E-state index in [1.807, 2.05) is 33.8 Å². The van der Waals surface area contributed by atoms with Crippen LogP contribution in [0.4, 0.5) is 5.69 Å². The van der Waals surface area contributed by atoms with Gasteiger partial charge in [0.2, 0.25) is 11.8 Å². The lowest BCUT2D eigenvalue weighted by Gasteiger charge is -2.34. The molecule has 2 atom stereocenters. The first-order valence-electron chi connectivity index (χ1n) is 13.2. The molecule has 0 radical (unpaired) electrons. The van der Waals surface area contributed by atoms with Gasteiger partial charge in [-0.15, -0.1) is 0 Å². The second kappa shape index (κ2) is 14.0. The Morgan fingerprint density at radius 1 is 0.900 bits per heavy atom. The summed E-state index contributed by atoms with van der Waals surface area (Å²) in [6.07, 6.45) is 1.05. The maximum absolute atomic E-state index is 14.1. The maximum atomic E-state index is 14.1. The predicted octanol–water partition coefficient (Wildman–Crippen LogP) is 6.22. The molecular weight excluding hydrogens is 569 g/mol. The number of benzene rings is 3. The number of hydrogen-bond donors (Lipinski definition) is 1. The quantitative estimate of drug-likeness (QED) is 0.266. The van der Waals surface area contributed by atoms with Crippen LogP contribution in [0.2, 0.25) is 10.0 Å². The Bertz CT molecular complexity index is 1430. The van der Waals surface area contributed by atoms with E-state index in [1.54, 1.807) is 54.6 Å². The van der Waals surface area contributed by atoms with E-state index in [4.69, 9.17) is 23.2 Å². The number of halogens is 2. The lowest BCUT2D eigenvalue weighted by Crippen LogP contribution is -2.53. The molecular formula is C30H35Cl2N3O4S. The van der Waals surface area contributed by atoms with Crippen LogP contribution in [-0.2, 0) is 26.2 Å². The minimum absolute atomic E-state index is 0.0369. The number of anilines is 1. The fraction of sp³-hybridized carbons (Fsp3) is 0.333. The second-order valence-electron chi connectivity index (χ2n) is 9.68. The number of nitrogens with one attached hydrogen (secondary N) is 1. The molecule has 0 heterocycles. The zero-order valence-electron chi connectivity index (χ0n) is 23.1. The molecule has 10 heteroatoms. The molecule has 214 valence electrons. The van der Waals surface area contributed by atoms with Crippen LogP contribution in [0.3, 0.4) is 0 Å². The highest BCUT2D eigenvalue weighted by molar-refractivity contribution is 7.92. The van der Waals surface area contributed by atoms with Crippen molar-refractivity contribution in [1.82, 2.24) is 10.2 Å². The van der Waals surface area contributed by atoms with E-state index < -0.39 is 28.5 Å². The largest absolute Gasteiger partial charge is 0.352 e. The summed E-state index contributed by atoms with van der Waals surface area (Å²) in [7, 11) is -4.11. The summed E-state index contributed by atoms with van der Waals surface area (Å²) < 4.78 is 28.8. The number of carbonyl (C=O) groups is 2. The first kappa shape index (κ1) is 31.5. The van der Waals surface area contributed by atoms with Gasteiger partial charge in [0.1, 0.15) is 12.6 Å². The van der Waals surface area contributed by atoms with Crippen molar-refractivity contribution >= 4 is 50.7 Å². The van der Waals surface area contributed by atoms with Crippen molar-refractivity contribution in [3.05, 3.63) is 94.0 Å². The third-order valence-corrected chi connectivity index (χ3v) is 9.15. The van der Waals surface area contributed by atoms with Crippen molar-refractivity contribution in [2.24, 2.45) is 0 Å². The second-order valence-corrected chi connectivity index (χ2v) is 12.4. The number of carbonyl (C=O) groups excluding carboxylic acids is 2. The zero-order valence-corrected chi connectivity index (χ0v) is 25.4. The van der Waals surface area contributed by atoms with Crippen LogP contribution < -0.4 is 9.62 Å². The molecule has 0 saturated heterocycles. The third-order valence-electron chi connectivity index (χ3n) is 6.62. The molecule has 3 rings (SSSR count). The molecule has 7 nitrogen and oxygen atoms in total. The van der Waals surface area contributed by atoms with Gasteiger partial charge < -0.3 is 10.2 Å². The predicted molar refractivity (Wildman–Crippen MR) is 161 cm³/mol. The van der Waals surface area contributed by atoms with Gasteiger partial charge in [-0.3, -0.25) is 13.9 Å². The Labute approximate surface area is 247 Å². The molecule has 40 heavy (non-hydrogen) atoms. The zero-order chi connectivity index (χ0) is 29.4. The van der Waals surface area contributed by atoms with Gasteiger partial charge in [0.25, 0.3) is 10.0 Å². The number of sulfonamides is 1. The highest BCUT2D eigenvalue weighted by Crippen LogP contribution is 2.27. The van der Waals surface area contributed by atoms with Crippen molar-refractivity contribution in [2.45, 2.75) is 64.1 Å². The molecule has 1 N–H and O–H groups in total. The van der Waals surface area contributed by atoms with Crippen molar-refractivity contribution in [3.8, 4) is 0 Å². The normalized spacial score (nSPS) is 12.8. The first-order chi connectivity index (χ1) is 19.0. The van der Waals surface area contributed by atoms with Gasteiger partial charge in [0, 0.05) is 12.6 Å². The highest BCUT2D eigenvalue weighted by atomic mass is 35.5. The van der Waals surface area contributed by atoms with Crippen LogP contribution in [0, 0.1) is 6.92 Å². The van der Waals surface area contributed by atoms with Gasteiger partial charge in [0.05, 0.1) is 20.6 Å². The lowest BCUT2D eigenvalue weighted by atomic mass is 10.1. The van der Waals surface area contributed by atoms with Crippen LogP contribution in [0.25, 0.3) is 0 Å². The Morgan fingerprint density at radius 3 is 2.20 bits per heavy atom. The molecule has 3 aromatic rings. The standard InChI is InChI=1S/C30H35Cl2N3O4S/c1-5-22(4)33-30(37)28(6-2)34(19-23-15-16-26(31)27(32)18-23)29(36)20-35(24-12-10-11-21(3)17-24)40(38,39)25-13-8-7-9-14-25/h7-18,22,28H,5-6,19-20H2,1-4H3,(H,33,37)/t22-,28-/m1/s1. The summed E-state index contributed by atoms with van der Waals surface area (Å²) in [5.41, 5.74) is 1.85. The van der Waals surface area contributed by atoms with Crippen molar-refractivity contribution in [2.75, 3.05) is 10.8 Å². The highest BCUT2D eigenvalue weighted by Gasteiger charge is 2.34. The van der Waals surface area contributed by atoms with Crippen LogP contribution in [-0.4, -0.2) is 43.8 Å². The number of amides is 2. The average Bonchev–Trinajstić information content (AvgIpc) is 2.93. The Hall–Kier alpha value is -3.07. The number of aryl methyl sites for hydroxylation is 1. The summed E-state index contributed by atoms with van der Waals surface area (Å²) in [6, 6.07) is 19.0. The Balaban J connectivity index is 2.07. The van der Waals surface area contributed by atoms with Crippen molar-refractivity contribution in [3.63, 3.8) is 0 Å².